The number of carboxylic acids is 1. The Morgan fingerprint density at radius 3 is 2.41 bits per heavy atom. The Labute approximate surface area is 168 Å². The Balaban J connectivity index is 2.29. The van der Waals surface area contributed by atoms with Crippen LogP contribution in [0.2, 0.25) is 0 Å². The second kappa shape index (κ2) is 7.35. The average Bonchev–Trinajstić information content (AvgIpc) is 2.89. The first-order valence-corrected chi connectivity index (χ1v) is 9.36. The van der Waals surface area contributed by atoms with Gasteiger partial charge in [0.2, 0.25) is 0 Å². The minimum absolute atomic E-state index is 0.0194. The highest BCUT2D eigenvalue weighted by Gasteiger charge is 2.32. The lowest BCUT2D eigenvalue weighted by Crippen LogP contribution is -2.21. The van der Waals surface area contributed by atoms with Crippen molar-refractivity contribution in [2.45, 2.75) is 40.0 Å². The lowest BCUT2D eigenvalue weighted by molar-refractivity contribution is -0.139. The molecule has 0 saturated carbocycles. The van der Waals surface area contributed by atoms with Crippen molar-refractivity contribution in [2.24, 2.45) is 5.41 Å². The number of aliphatic carboxylic acids is 1. The predicted octanol–water partition coefficient (Wildman–Crippen LogP) is 5.09. The summed E-state index contributed by atoms with van der Waals surface area (Å²) >= 11 is 0. The molecule has 0 aliphatic rings. The monoisotopic (exact) mass is 397 g/mol. The van der Waals surface area contributed by atoms with Crippen LogP contribution in [0.4, 0.5) is 4.39 Å². The van der Waals surface area contributed by atoms with Gasteiger partial charge < -0.3 is 10.2 Å². The number of phenols is 1. The van der Waals surface area contributed by atoms with Crippen LogP contribution in [-0.2, 0) is 4.79 Å². The summed E-state index contributed by atoms with van der Waals surface area (Å²) in [5.74, 6) is -2.86. The van der Waals surface area contributed by atoms with E-state index in [0.717, 1.165) is 6.07 Å². The highest BCUT2D eigenvalue weighted by Crippen LogP contribution is 2.39. The summed E-state index contributed by atoms with van der Waals surface area (Å²) in [6.45, 7) is 7.54. The number of carboxylic acid groups (broad SMARTS) is 1. The van der Waals surface area contributed by atoms with E-state index in [1.165, 1.54) is 34.9 Å². The molecule has 0 amide bonds. The number of hydrogen-bond acceptors (Lipinski definition) is 3. The van der Waals surface area contributed by atoms with Crippen LogP contribution >= 0.6 is 0 Å². The molecule has 0 aliphatic heterocycles. The molecule has 0 aliphatic carbocycles. The van der Waals surface area contributed by atoms with Crippen molar-refractivity contribution in [1.29, 1.82) is 0 Å². The molecular weight excluding hydrogens is 373 g/mol. The van der Waals surface area contributed by atoms with E-state index >= 15 is 0 Å². The van der Waals surface area contributed by atoms with Gasteiger partial charge in [-0.25, -0.2) is 4.39 Å². The molecule has 5 nitrogen and oxygen atoms in total. The van der Waals surface area contributed by atoms with E-state index in [4.69, 9.17) is 0 Å². The van der Waals surface area contributed by atoms with Gasteiger partial charge in [0.25, 0.3) is 5.91 Å². The zero-order valence-corrected chi connectivity index (χ0v) is 16.9. The Morgan fingerprint density at radius 1 is 1.14 bits per heavy atom. The number of hydrogen-bond donors (Lipinski definition) is 2. The number of carbonyl (C=O) groups is 2. The van der Waals surface area contributed by atoms with Crippen molar-refractivity contribution < 1.29 is 24.2 Å². The fourth-order valence-electron chi connectivity index (χ4n) is 3.81. The van der Waals surface area contributed by atoms with Crippen LogP contribution in [0, 0.1) is 18.2 Å². The molecule has 1 unspecified atom stereocenters. The summed E-state index contributed by atoms with van der Waals surface area (Å²) in [5.41, 5.74) is 1.32. The summed E-state index contributed by atoms with van der Waals surface area (Å²) in [5, 5.41) is 20.5. The van der Waals surface area contributed by atoms with Crippen molar-refractivity contribution in [2.75, 3.05) is 0 Å². The molecule has 2 N–H and O–H groups in total. The average molecular weight is 397 g/mol. The number of rotatable bonds is 4. The van der Waals surface area contributed by atoms with Crippen molar-refractivity contribution in [3.05, 3.63) is 65.1 Å². The van der Waals surface area contributed by atoms with Crippen LogP contribution in [-0.4, -0.2) is 26.7 Å². The number of aromatic hydroxyl groups is 1. The van der Waals surface area contributed by atoms with Gasteiger partial charge in [0.1, 0.15) is 11.6 Å². The summed E-state index contributed by atoms with van der Waals surface area (Å²) in [6, 6.07) is 9.87. The molecule has 0 radical (unpaired) electrons. The zero-order chi connectivity index (χ0) is 21.5. The van der Waals surface area contributed by atoms with E-state index < -0.39 is 23.6 Å². The molecule has 1 aromatic heterocycles. The molecule has 1 atom stereocenters. The number of halogens is 1. The smallest absolute Gasteiger partial charge is 0.311 e. The maximum atomic E-state index is 13.7. The van der Waals surface area contributed by atoms with Crippen molar-refractivity contribution in [3.63, 3.8) is 0 Å². The number of nitrogens with zero attached hydrogens (tertiary/aromatic N) is 1. The normalized spacial score (nSPS) is 12.9. The third kappa shape index (κ3) is 4.01. The van der Waals surface area contributed by atoms with E-state index in [0.29, 0.717) is 28.6 Å². The first-order chi connectivity index (χ1) is 13.5. The Kier molecular flexibility index (Phi) is 5.22. The molecule has 0 fully saturated rings. The van der Waals surface area contributed by atoms with Crippen LogP contribution in [0.5, 0.6) is 5.75 Å². The number of benzene rings is 2. The SMILES string of the molecule is Cc1c(C(CC(C)(C)C)C(=O)O)c2cc(O)ccc2n1C(=O)c1cccc(F)c1. The van der Waals surface area contributed by atoms with Gasteiger partial charge in [0, 0.05) is 16.6 Å². The number of fused-ring (bicyclic) bond motifs is 1. The fourth-order valence-corrected chi connectivity index (χ4v) is 3.81. The molecule has 0 bridgehead atoms. The summed E-state index contributed by atoms with van der Waals surface area (Å²) in [6.07, 6.45) is 0.353. The Hall–Kier alpha value is -3.15. The summed E-state index contributed by atoms with van der Waals surface area (Å²) < 4.78 is 15.1. The third-order valence-corrected chi connectivity index (χ3v) is 4.97. The van der Waals surface area contributed by atoms with Crippen LogP contribution in [0.3, 0.4) is 0 Å². The van der Waals surface area contributed by atoms with E-state index in [1.54, 1.807) is 13.0 Å². The number of phenolic OH excluding ortho intramolecular Hbond substituents is 1. The van der Waals surface area contributed by atoms with Gasteiger partial charge in [0.05, 0.1) is 11.4 Å². The lowest BCUT2D eigenvalue weighted by Gasteiger charge is -2.24. The van der Waals surface area contributed by atoms with Crippen molar-refractivity contribution in [3.8, 4) is 5.75 Å². The van der Waals surface area contributed by atoms with E-state index in [2.05, 4.69) is 0 Å². The van der Waals surface area contributed by atoms with E-state index in [1.807, 2.05) is 20.8 Å². The number of carbonyl (C=O) groups excluding carboxylic acids is 1. The second-order valence-electron chi connectivity index (χ2n) is 8.51. The minimum atomic E-state index is -0.997. The lowest BCUT2D eigenvalue weighted by atomic mass is 9.80. The topological polar surface area (TPSA) is 79.5 Å². The molecule has 3 rings (SSSR count). The van der Waals surface area contributed by atoms with Gasteiger partial charge in [-0.3, -0.25) is 14.2 Å². The minimum Gasteiger partial charge on any atom is -0.508 e. The molecule has 0 spiro atoms. The van der Waals surface area contributed by atoms with Crippen LogP contribution in [0.15, 0.2) is 42.5 Å². The molecule has 1 heterocycles. The van der Waals surface area contributed by atoms with Crippen molar-refractivity contribution >= 4 is 22.8 Å². The van der Waals surface area contributed by atoms with Gasteiger partial charge in [-0.2, -0.15) is 0 Å². The molecule has 152 valence electrons. The first kappa shape index (κ1) is 20.6. The molecular formula is C23H24FNO4. The molecule has 0 saturated heterocycles. The summed E-state index contributed by atoms with van der Waals surface area (Å²) in [7, 11) is 0. The quantitative estimate of drug-likeness (QED) is 0.643. The van der Waals surface area contributed by atoms with Crippen LogP contribution < -0.4 is 0 Å². The van der Waals surface area contributed by atoms with Crippen LogP contribution in [0.25, 0.3) is 10.9 Å². The second-order valence-corrected chi connectivity index (χ2v) is 8.51. The molecule has 2 aromatic carbocycles. The van der Waals surface area contributed by atoms with E-state index in [9.17, 15) is 24.2 Å². The largest absolute Gasteiger partial charge is 0.508 e. The van der Waals surface area contributed by atoms with Crippen LogP contribution in [0.1, 0.15) is 54.7 Å². The Bertz CT molecular complexity index is 1110. The van der Waals surface area contributed by atoms with Crippen molar-refractivity contribution in [1.82, 2.24) is 4.57 Å². The maximum Gasteiger partial charge on any atom is 0.311 e. The molecule has 29 heavy (non-hydrogen) atoms. The van der Waals surface area contributed by atoms with E-state index in [-0.39, 0.29) is 16.7 Å². The van der Waals surface area contributed by atoms with Gasteiger partial charge in [0.15, 0.2) is 0 Å². The molecule has 3 aromatic rings. The summed E-state index contributed by atoms with van der Waals surface area (Å²) in [4.78, 5) is 25.3. The zero-order valence-electron chi connectivity index (χ0n) is 16.9. The van der Waals surface area contributed by atoms with Gasteiger partial charge in [-0.1, -0.05) is 26.8 Å². The number of aromatic nitrogens is 1. The molecule has 6 heteroatoms. The fraction of sp³-hybridized carbons (Fsp3) is 0.304. The maximum absolute atomic E-state index is 13.7. The highest BCUT2D eigenvalue weighted by molar-refractivity contribution is 6.05. The first-order valence-electron chi connectivity index (χ1n) is 9.36. The van der Waals surface area contributed by atoms with Gasteiger partial charge in [-0.15, -0.1) is 0 Å². The third-order valence-electron chi connectivity index (χ3n) is 4.97. The van der Waals surface area contributed by atoms with Gasteiger partial charge in [-0.05, 0) is 60.7 Å². The standard InChI is InChI=1S/C23H24FNO4/c1-13-20(18(22(28)29)12-23(2,3)4)17-11-16(26)8-9-19(17)25(13)21(27)14-6-5-7-15(24)10-14/h5-11,18,26H,12H2,1-4H3,(H,28,29). The Morgan fingerprint density at radius 2 is 1.83 bits per heavy atom. The predicted molar refractivity (Wildman–Crippen MR) is 109 cm³/mol. The van der Waals surface area contributed by atoms with Gasteiger partial charge >= 0.3 is 5.97 Å². The highest BCUT2D eigenvalue weighted by atomic mass is 19.1.